The summed E-state index contributed by atoms with van der Waals surface area (Å²) < 4.78 is 5.15. The summed E-state index contributed by atoms with van der Waals surface area (Å²) in [6.45, 7) is 1.83. The van der Waals surface area contributed by atoms with Gasteiger partial charge in [-0.2, -0.15) is 4.98 Å². The van der Waals surface area contributed by atoms with Crippen molar-refractivity contribution < 1.29 is 14.1 Å². The van der Waals surface area contributed by atoms with Crippen molar-refractivity contribution in [3.63, 3.8) is 0 Å². The lowest BCUT2D eigenvalue weighted by molar-refractivity contribution is -0.121. The normalized spacial score (nSPS) is 10.3. The molecule has 0 unspecified atom stereocenters. The molecule has 132 valence electrons. The standard InChI is InChI=1S/C19H18N4O3/c1-13-7-5-6-10-15(13)19(25)22-21-16(24)11-12-17-20-18(23-26-17)14-8-3-2-4-9-14/h2-10H,11-12H2,1H3,(H,21,24)(H,22,25). The summed E-state index contributed by atoms with van der Waals surface area (Å²) in [4.78, 5) is 28.2. The number of carbonyl (C=O) groups excluding carboxylic acids is 2. The number of hydrazine groups is 1. The Morgan fingerprint density at radius 1 is 1.00 bits per heavy atom. The van der Waals surface area contributed by atoms with Crippen LogP contribution in [0.3, 0.4) is 0 Å². The van der Waals surface area contributed by atoms with Crippen molar-refractivity contribution in [3.05, 3.63) is 71.6 Å². The van der Waals surface area contributed by atoms with Crippen LogP contribution in [0, 0.1) is 6.92 Å². The van der Waals surface area contributed by atoms with Crippen LogP contribution in [-0.2, 0) is 11.2 Å². The van der Waals surface area contributed by atoms with E-state index < -0.39 is 0 Å². The number of nitrogens with one attached hydrogen (secondary N) is 2. The zero-order chi connectivity index (χ0) is 18.4. The number of aromatic nitrogens is 2. The number of amides is 2. The lowest BCUT2D eigenvalue weighted by Crippen LogP contribution is -2.41. The molecule has 0 aliphatic heterocycles. The highest BCUT2D eigenvalue weighted by Gasteiger charge is 2.12. The number of carbonyl (C=O) groups is 2. The summed E-state index contributed by atoms with van der Waals surface area (Å²) in [5.74, 6) is 0.144. The molecule has 0 atom stereocenters. The Morgan fingerprint density at radius 2 is 1.73 bits per heavy atom. The van der Waals surface area contributed by atoms with E-state index in [1.54, 1.807) is 12.1 Å². The van der Waals surface area contributed by atoms with Crippen LogP contribution in [0.1, 0.15) is 28.2 Å². The summed E-state index contributed by atoms with van der Waals surface area (Å²) >= 11 is 0. The Bertz CT molecular complexity index is 906. The minimum atomic E-state index is -0.361. The Balaban J connectivity index is 1.48. The van der Waals surface area contributed by atoms with Crippen molar-refractivity contribution in [2.75, 3.05) is 0 Å². The van der Waals surface area contributed by atoms with Crippen LogP contribution in [0.5, 0.6) is 0 Å². The highest BCUT2D eigenvalue weighted by molar-refractivity contribution is 5.96. The molecule has 0 spiro atoms. The predicted molar refractivity (Wildman–Crippen MR) is 94.8 cm³/mol. The van der Waals surface area contributed by atoms with E-state index in [2.05, 4.69) is 21.0 Å². The zero-order valence-electron chi connectivity index (χ0n) is 14.2. The minimum Gasteiger partial charge on any atom is -0.339 e. The second-order valence-corrected chi connectivity index (χ2v) is 5.69. The molecule has 0 fully saturated rings. The highest BCUT2D eigenvalue weighted by atomic mass is 16.5. The van der Waals surface area contributed by atoms with Gasteiger partial charge in [0, 0.05) is 24.0 Å². The highest BCUT2D eigenvalue weighted by Crippen LogP contribution is 2.15. The molecule has 7 nitrogen and oxygen atoms in total. The van der Waals surface area contributed by atoms with E-state index in [-0.39, 0.29) is 24.7 Å². The molecule has 0 saturated carbocycles. The molecule has 1 heterocycles. The van der Waals surface area contributed by atoms with Crippen LogP contribution in [-0.4, -0.2) is 22.0 Å². The first-order valence-corrected chi connectivity index (χ1v) is 8.16. The van der Waals surface area contributed by atoms with E-state index in [1.165, 1.54) is 0 Å². The largest absolute Gasteiger partial charge is 0.339 e. The summed E-state index contributed by atoms with van der Waals surface area (Å²) in [5.41, 5.74) is 6.98. The van der Waals surface area contributed by atoms with Gasteiger partial charge in [-0.05, 0) is 18.6 Å². The maximum atomic E-state index is 12.0. The lowest BCUT2D eigenvalue weighted by Gasteiger charge is -2.08. The first-order valence-electron chi connectivity index (χ1n) is 8.16. The van der Waals surface area contributed by atoms with Crippen molar-refractivity contribution in [1.82, 2.24) is 21.0 Å². The van der Waals surface area contributed by atoms with Crippen molar-refractivity contribution in [3.8, 4) is 11.4 Å². The van der Waals surface area contributed by atoms with Crippen molar-refractivity contribution in [1.29, 1.82) is 0 Å². The Hall–Kier alpha value is -3.48. The average molecular weight is 350 g/mol. The second-order valence-electron chi connectivity index (χ2n) is 5.69. The molecule has 0 aliphatic carbocycles. The zero-order valence-corrected chi connectivity index (χ0v) is 14.2. The Kier molecular flexibility index (Phi) is 5.38. The van der Waals surface area contributed by atoms with Gasteiger partial charge in [0.1, 0.15) is 0 Å². The topological polar surface area (TPSA) is 97.1 Å². The molecular formula is C19H18N4O3. The predicted octanol–water partition coefficient (Wildman–Crippen LogP) is 2.44. The Labute approximate surface area is 150 Å². The van der Waals surface area contributed by atoms with Gasteiger partial charge in [0.05, 0.1) is 0 Å². The van der Waals surface area contributed by atoms with Crippen LogP contribution in [0.4, 0.5) is 0 Å². The second kappa shape index (κ2) is 8.06. The number of hydrogen-bond acceptors (Lipinski definition) is 5. The van der Waals surface area contributed by atoms with Crippen LogP contribution < -0.4 is 10.9 Å². The first-order chi connectivity index (χ1) is 12.6. The molecule has 2 amide bonds. The quantitative estimate of drug-likeness (QED) is 0.689. The smallest absolute Gasteiger partial charge is 0.269 e. The van der Waals surface area contributed by atoms with E-state index in [0.717, 1.165) is 11.1 Å². The van der Waals surface area contributed by atoms with E-state index in [1.807, 2.05) is 49.4 Å². The number of hydrogen-bond donors (Lipinski definition) is 2. The molecular weight excluding hydrogens is 332 g/mol. The summed E-state index contributed by atoms with van der Waals surface area (Å²) in [5, 5.41) is 3.90. The third-order valence-electron chi connectivity index (χ3n) is 3.77. The van der Waals surface area contributed by atoms with Crippen LogP contribution in [0.2, 0.25) is 0 Å². The van der Waals surface area contributed by atoms with E-state index in [9.17, 15) is 9.59 Å². The maximum Gasteiger partial charge on any atom is 0.269 e. The fourth-order valence-corrected chi connectivity index (χ4v) is 2.37. The molecule has 3 rings (SSSR count). The fraction of sp³-hybridized carbons (Fsp3) is 0.158. The van der Waals surface area contributed by atoms with Gasteiger partial charge in [-0.3, -0.25) is 20.4 Å². The van der Waals surface area contributed by atoms with Gasteiger partial charge in [-0.15, -0.1) is 0 Å². The summed E-state index contributed by atoms with van der Waals surface area (Å²) in [6, 6.07) is 16.6. The minimum absolute atomic E-state index is 0.116. The molecule has 3 aromatic rings. The number of rotatable bonds is 5. The number of benzene rings is 2. The van der Waals surface area contributed by atoms with E-state index in [0.29, 0.717) is 17.3 Å². The maximum absolute atomic E-state index is 12.0. The third kappa shape index (κ3) is 4.32. The van der Waals surface area contributed by atoms with E-state index in [4.69, 9.17) is 4.52 Å². The monoisotopic (exact) mass is 350 g/mol. The molecule has 26 heavy (non-hydrogen) atoms. The van der Waals surface area contributed by atoms with Crippen molar-refractivity contribution in [2.24, 2.45) is 0 Å². The molecule has 7 heteroatoms. The number of nitrogens with zero attached hydrogens (tertiary/aromatic N) is 2. The molecule has 0 radical (unpaired) electrons. The molecule has 1 aromatic heterocycles. The molecule has 2 aromatic carbocycles. The molecule has 0 bridgehead atoms. The van der Waals surface area contributed by atoms with Crippen LogP contribution in [0.25, 0.3) is 11.4 Å². The molecule has 0 saturated heterocycles. The van der Waals surface area contributed by atoms with Crippen LogP contribution in [0.15, 0.2) is 59.1 Å². The first kappa shape index (κ1) is 17.3. The van der Waals surface area contributed by atoms with Gasteiger partial charge in [-0.1, -0.05) is 53.7 Å². The van der Waals surface area contributed by atoms with Crippen molar-refractivity contribution in [2.45, 2.75) is 19.8 Å². The fourth-order valence-electron chi connectivity index (χ4n) is 2.37. The number of aryl methyl sites for hydroxylation is 2. The van der Waals surface area contributed by atoms with Gasteiger partial charge >= 0.3 is 0 Å². The molecule has 2 N–H and O–H groups in total. The summed E-state index contributed by atoms with van der Waals surface area (Å²) in [6.07, 6.45) is 0.399. The average Bonchev–Trinajstić information content (AvgIpc) is 3.14. The van der Waals surface area contributed by atoms with Crippen LogP contribution >= 0.6 is 0 Å². The molecule has 0 aliphatic rings. The van der Waals surface area contributed by atoms with Gasteiger partial charge in [0.25, 0.3) is 5.91 Å². The van der Waals surface area contributed by atoms with Gasteiger partial charge in [-0.25, -0.2) is 0 Å². The SMILES string of the molecule is Cc1ccccc1C(=O)NNC(=O)CCc1nc(-c2ccccc2)no1. The van der Waals surface area contributed by atoms with Gasteiger partial charge in [0.2, 0.25) is 17.6 Å². The van der Waals surface area contributed by atoms with Crippen molar-refractivity contribution >= 4 is 11.8 Å². The summed E-state index contributed by atoms with van der Waals surface area (Å²) in [7, 11) is 0. The lowest BCUT2D eigenvalue weighted by atomic mass is 10.1. The third-order valence-corrected chi connectivity index (χ3v) is 3.77. The van der Waals surface area contributed by atoms with Gasteiger partial charge < -0.3 is 4.52 Å². The Morgan fingerprint density at radius 3 is 2.50 bits per heavy atom. The van der Waals surface area contributed by atoms with E-state index >= 15 is 0 Å². The van der Waals surface area contributed by atoms with Gasteiger partial charge in [0.15, 0.2) is 0 Å².